The molecule has 0 bridgehead atoms. The van der Waals surface area contributed by atoms with Crippen LogP contribution < -0.4 is 10.1 Å². The molecule has 1 aliphatic rings. The van der Waals surface area contributed by atoms with E-state index in [4.69, 9.17) is 9.26 Å². The quantitative estimate of drug-likeness (QED) is 0.705. The van der Waals surface area contributed by atoms with Crippen molar-refractivity contribution in [1.82, 2.24) is 14.9 Å². The number of ether oxygens (including phenoxy) is 1. The Bertz CT molecular complexity index is 976. The van der Waals surface area contributed by atoms with Crippen molar-refractivity contribution in [1.29, 1.82) is 0 Å². The zero-order valence-electron chi connectivity index (χ0n) is 16.1. The number of hydrogen-bond donors (Lipinski definition) is 1. The van der Waals surface area contributed by atoms with Gasteiger partial charge in [-0.3, -0.25) is 9.48 Å². The molecule has 2 aromatic heterocycles. The Balaban J connectivity index is 1.46. The first-order valence-corrected chi connectivity index (χ1v) is 9.61. The Hall–Kier alpha value is -3.09. The normalized spacial score (nSPS) is 15.9. The van der Waals surface area contributed by atoms with Crippen molar-refractivity contribution >= 4 is 11.6 Å². The third-order valence-corrected chi connectivity index (χ3v) is 5.35. The number of para-hydroxylation sites is 1. The van der Waals surface area contributed by atoms with Crippen molar-refractivity contribution in [2.75, 3.05) is 12.4 Å². The number of benzene rings is 1. The Morgan fingerprint density at radius 1 is 1.39 bits per heavy atom. The second-order valence-corrected chi connectivity index (χ2v) is 7.14. The fourth-order valence-electron chi connectivity index (χ4n) is 3.72. The van der Waals surface area contributed by atoms with Gasteiger partial charge in [0.15, 0.2) is 5.69 Å². The molecule has 146 valence electrons. The molecule has 4 rings (SSSR count). The van der Waals surface area contributed by atoms with Gasteiger partial charge in [-0.25, -0.2) is 0 Å². The van der Waals surface area contributed by atoms with E-state index in [2.05, 4.69) is 22.5 Å². The highest BCUT2D eigenvalue weighted by molar-refractivity contribution is 6.03. The highest BCUT2D eigenvalue weighted by Crippen LogP contribution is 2.30. The van der Waals surface area contributed by atoms with Crippen LogP contribution in [0.5, 0.6) is 5.75 Å². The van der Waals surface area contributed by atoms with Gasteiger partial charge in [-0.2, -0.15) is 5.10 Å². The summed E-state index contributed by atoms with van der Waals surface area (Å²) in [6.45, 7) is 2.73. The minimum absolute atomic E-state index is 0.251. The maximum atomic E-state index is 12.7. The molecule has 1 aliphatic carbocycles. The number of hydrogen-bond acceptors (Lipinski definition) is 5. The van der Waals surface area contributed by atoms with Crippen molar-refractivity contribution in [3.63, 3.8) is 0 Å². The van der Waals surface area contributed by atoms with Crippen LogP contribution in [-0.4, -0.2) is 28.0 Å². The van der Waals surface area contributed by atoms with Gasteiger partial charge in [0, 0.05) is 23.7 Å². The molecule has 0 spiro atoms. The Kier molecular flexibility index (Phi) is 5.14. The van der Waals surface area contributed by atoms with E-state index in [1.54, 1.807) is 24.2 Å². The van der Waals surface area contributed by atoms with E-state index in [0.717, 1.165) is 48.3 Å². The summed E-state index contributed by atoms with van der Waals surface area (Å²) in [6, 6.07) is 7.80. The molecule has 1 amide bonds. The predicted molar refractivity (Wildman–Crippen MR) is 105 cm³/mol. The summed E-state index contributed by atoms with van der Waals surface area (Å²) in [5, 5.41) is 11.3. The lowest BCUT2D eigenvalue weighted by atomic mass is 9.85. The molecular formula is C21H24N4O3. The molecular weight excluding hydrogens is 356 g/mol. The highest BCUT2D eigenvalue weighted by atomic mass is 16.5. The zero-order chi connectivity index (χ0) is 19.5. The van der Waals surface area contributed by atoms with Gasteiger partial charge in [-0.15, -0.1) is 0 Å². The Morgan fingerprint density at radius 2 is 2.25 bits per heavy atom. The lowest BCUT2D eigenvalue weighted by Gasteiger charge is -2.19. The fourth-order valence-corrected chi connectivity index (χ4v) is 3.72. The molecule has 1 atom stereocenters. The number of nitrogens with one attached hydrogen (secondary N) is 1. The first-order chi connectivity index (χ1) is 13.7. The third-order valence-electron chi connectivity index (χ3n) is 5.35. The highest BCUT2D eigenvalue weighted by Gasteiger charge is 2.28. The van der Waals surface area contributed by atoms with Crippen LogP contribution in [0.2, 0.25) is 0 Å². The number of carbonyl (C=O) groups excluding carboxylic acids is 1. The van der Waals surface area contributed by atoms with Crippen molar-refractivity contribution in [2.24, 2.45) is 5.92 Å². The van der Waals surface area contributed by atoms with Gasteiger partial charge in [0.2, 0.25) is 0 Å². The van der Waals surface area contributed by atoms with Crippen LogP contribution in [0.4, 0.5) is 5.69 Å². The molecule has 0 saturated carbocycles. The van der Waals surface area contributed by atoms with E-state index in [1.807, 2.05) is 24.3 Å². The largest absolute Gasteiger partial charge is 0.496 e. The predicted octanol–water partition coefficient (Wildman–Crippen LogP) is 3.70. The first kappa shape index (κ1) is 18.3. The van der Waals surface area contributed by atoms with E-state index >= 15 is 0 Å². The third kappa shape index (κ3) is 3.65. The maximum Gasteiger partial charge on any atom is 0.278 e. The molecule has 3 aromatic rings. The van der Waals surface area contributed by atoms with Crippen LogP contribution in [0.1, 0.15) is 47.1 Å². The molecule has 2 heterocycles. The van der Waals surface area contributed by atoms with Gasteiger partial charge in [0.05, 0.1) is 25.5 Å². The van der Waals surface area contributed by atoms with Gasteiger partial charge in [0.25, 0.3) is 5.91 Å². The summed E-state index contributed by atoms with van der Waals surface area (Å²) in [4.78, 5) is 12.7. The van der Waals surface area contributed by atoms with Gasteiger partial charge in [-0.1, -0.05) is 36.7 Å². The van der Waals surface area contributed by atoms with Crippen molar-refractivity contribution in [3.8, 4) is 5.75 Å². The lowest BCUT2D eigenvalue weighted by molar-refractivity contribution is 0.101. The first-order valence-electron chi connectivity index (χ1n) is 9.61. The molecule has 7 heteroatoms. The summed E-state index contributed by atoms with van der Waals surface area (Å²) in [5.74, 6) is 1.99. The molecule has 0 aliphatic heterocycles. The number of anilines is 1. The van der Waals surface area contributed by atoms with Gasteiger partial charge in [-0.05, 0) is 24.8 Å². The van der Waals surface area contributed by atoms with E-state index in [9.17, 15) is 4.79 Å². The number of fused-ring (bicyclic) bond motifs is 1. The summed E-state index contributed by atoms with van der Waals surface area (Å²) in [5.41, 5.74) is 2.99. The van der Waals surface area contributed by atoms with E-state index in [1.165, 1.54) is 0 Å². The van der Waals surface area contributed by atoms with E-state index in [-0.39, 0.29) is 5.91 Å². The summed E-state index contributed by atoms with van der Waals surface area (Å²) >= 11 is 0. The zero-order valence-corrected chi connectivity index (χ0v) is 16.1. The van der Waals surface area contributed by atoms with E-state index < -0.39 is 0 Å². The van der Waals surface area contributed by atoms with Crippen LogP contribution in [-0.2, 0) is 19.4 Å². The summed E-state index contributed by atoms with van der Waals surface area (Å²) in [7, 11) is 1.65. The van der Waals surface area contributed by atoms with Gasteiger partial charge >= 0.3 is 0 Å². The number of nitrogens with zero attached hydrogens (tertiary/aromatic N) is 3. The smallest absolute Gasteiger partial charge is 0.278 e. The van der Waals surface area contributed by atoms with E-state index in [0.29, 0.717) is 23.8 Å². The second-order valence-electron chi connectivity index (χ2n) is 7.14. The molecule has 28 heavy (non-hydrogen) atoms. The fraction of sp³-hybridized carbons (Fsp3) is 0.381. The molecule has 1 N–H and O–H groups in total. The molecule has 0 radical (unpaired) electrons. The molecule has 1 unspecified atom stereocenters. The summed E-state index contributed by atoms with van der Waals surface area (Å²) < 4.78 is 12.5. The minimum atomic E-state index is -0.251. The van der Waals surface area contributed by atoms with Crippen molar-refractivity contribution in [3.05, 3.63) is 59.2 Å². The average Bonchev–Trinajstić information content (AvgIpc) is 3.34. The minimum Gasteiger partial charge on any atom is -0.496 e. The average molecular weight is 380 g/mol. The number of aromatic nitrogens is 3. The number of rotatable bonds is 6. The lowest BCUT2D eigenvalue weighted by Crippen LogP contribution is -2.18. The summed E-state index contributed by atoms with van der Waals surface area (Å²) in [6.07, 6.45) is 7.33. The van der Waals surface area contributed by atoms with Gasteiger partial charge in [0.1, 0.15) is 11.5 Å². The number of methoxy groups -OCH3 is 1. The standard InChI is InChI=1S/C21H24N4O3/c1-3-14-8-9-19-17(10-14)20(24-28-19)21(26)23-16-11-22-25(13-16)12-15-6-4-5-7-18(15)27-2/h4-7,11,13-14H,3,8-10,12H2,1-2H3,(H,23,26). The van der Waals surface area contributed by atoms with Crippen LogP contribution in [0.3, 0.4) is 0 Å². The Morgan fingerprint density at radius 3 is 3.07 bits per heavy atom. The van der Waals surface area contributed by atoms with Gasteiger partial charge < -0.3 is 14.6 Å². The van der Waals surface area contributed by atoms with Crippen molar-refractivity contribution in [2.45, 2.75) is 39.2 Å². The number of amides is 1. The SMILES string of the molecule is CCC1CCc2onc(C(=O)Nc3cnn(Cc4ccccc4OC)c3)c2C1. The van der Waals surface area contributed by atoms with Crippen molar-refractivity contribution < 1.29 is 14.1 Å². The molecule has 1 aromatic carbocycles. The molecule has 7 nitrogen and oxygen atoms in total. The second kappa shape index (κ2) is 7.88. The number of carbonyl (C=O) groups is 1. The van der Waals surface area contributed by atoms with Crippen LogP contribution in [0.25, 0.3) is 0 Å². The van der Waals surface area contributed by atoms with Crippen LogP contribution in [0.15, 0.2) is 41.2 Å². The topological polar surface area (TPSA) is 82.2 Å². The molecule has 0 fully saturated rings. The number of aryl methyl sites for hydroxylation is 1. The van der Waals surface area contributed by atoms with Crippen LogP contribution >= 0.6 is 0 Å². The molecule has 0 saturated heterocycles. The maximum absolute atomic E-state index is 12.7. The van der Waals surface area contributed by atoms with Crippen LogP contribution in [0, 0.1) is 5.92 Å². The monoisotopic (exact) mass is 380 g/mol. The Labute approximate surface area is 163 Å².